The zero-order valence-corrected chi connectivity index (χ0v) is 24.6. The van der Waals surface area contributed by atoms with Gasteiger partial charge < -0.3 is 19.9 Å². The van der Waals surface area contributed by atoms with Gasteiger partial charge in [0.2, 0.25) is 11.8 Å². The number of aryl methyl sites for hydroxylation is 1. The van der Waals surface area contributed by atoms with Crippen molar-refractivity contribution in [2.75, 3.05) is 27.2 Å². The number of fused-ring (bicyclic) bond motifs is 3. The van der Waals surface area contributed by atoms with E-state index in [0.717, 1.165) is 34.4 Å². The van der Waals surface area contributed by atoms with Gasteiger partial charge in [-0.25, -0.2) is 9.18 Å². The van der Waals surface area contributed by atoms with E-state index in [2.05, 4.69) is 10.4 Å². The van der Waals surface area contributed by atoms with Gasteiger partial charge in [0.05, 0.1) is 12.2 Å². The molecule has 1 saturated carbocycles. The summed E-state index contributed by atoms with van der Waals surface area (Å²) in [4.78, 5) is 57.2. The van der Waals surface area contributed by atoms with Crippen molar-refractivity contribution in [1.29, 1.82) is 0 Å². The van der Waals surface area contributed by atoms with Crippen LogP contribution >= 0.6 is 0 Å². The lowest BCUT2D eigenvalue weighted by Crippen LogP contribution is -2.49. The van der Waals surface area contributed by atoms with Crippen molar-refractivity contribution in [3.63, 3.8) is 0 Å². The van der Waals surface area contributed by atoms with Gasteiger partial charge in [0, 0.05) is 38.0 Å². The van der Waals surface area contributed by atoms with Gasteiger partial charge in [-0.2, -0.15) is 5.10 Å². The third-order valence-electron chi connectivity index (χ3n) is 9.23. The molecule has 1 N–H and O–H groups in total. The minimum Gasteiger partial charge on any atom is -0.491 e. The highest BCUT2D eigenvalue weighted by atomic mass is 19.1. The molecular weight excluding hydrogens is 567 g/mol. The first-order valence-corrected chi connectivity index (χ1v) is 14.8. The second kappa shape index (κ2) is 10.5. The molecule has 1 aromatic heterocycles. The van der Waals surface area contributed by atoms with Crippen LogP contribution in [0.25, 0.3) is 11.1 Å². The molecule has 4 aliphatic rings. The molecule has 228 valence electrons. The summed E-state index contributed by atoms with van der Waals surface area (Å²) >= 11 is 0. The van der Waals surface area contributed by atoms with E-state index in [-0.39, 0.29) is 43.5 Å². The van der Waals surface area contributed by atoms with Gasteiger partial charge >= 0.3 is 6.03 Å². The number of hydrogen-bond donors (Lipinski definition) is 1. The SMILES string of the molecule is CN(C)C(=O)Cn1cc(-c2ccc3c(c2)CCC32NC(=O)N(CC(=O)N3Cc4cc(F)ccc4OC[C@H]3C3CC3)C2=O)cn1. The van der Waals surface area contributed by atoms with Gasteiger partial charge in [-0.05, 0) is 66.5 Å². The molecule has 1 spiro atoms. The van der Waals surface area contributed by atoms with Crippen molar-refractivity contribution in [3.05, 3.63) is 71.3 Å². The largest absolute Gasteiger partial charge is 0.491 e. The Labute approximate surface area is 253 Å². The highest BCUT2D eigenvalue weighted by molar-refractivity contribution is 6.10. The molecule has 2 aliphatic carbocycles. The first-order chi connectivity index (χ1) is 21.1. The lowest BCUT2D eigenvalue weighted by molar-refractivity contribution is -0.141. The maximum Gasteiger partial charge on any atom is 0.325 e. The van der Waals surface area contributed by atoms with Crippen LogP contribution in [0, 0.1) is 11.7 Å². The number of likely N-dealkylation sites (N-methyl/N-ethyl adjacent to an activating group) is 1. The van der Waals surface area contributed by atoms with Crippen LogP contribution in [0.15, 0.2) is 48.8 Å². The first-order valence-electron chi connectivity index (χ1n) is 14.8. The number of imide groups is 1. The Kier molecular flexibility index (Phi) is 6.67. The number of rotatable bonds is 6. The third-order valence-corrected chi connectivity index (χ3v) is 9.23. The molecule has 7 rings (SSSR count). The summed E-state index contributed by atoms with van der Waals surface area (Å²) in [6.45, 7) is 0.150. The maximum absolute atomic E-state index is 14.1. The number of amides is 5. The predicted octanol–water partition coefficient (Wildman–Crippen LogP) is 2.67. The minimum absolute atomic E-state index is 0.0694. The molecule has 2 fully saturated rings. The van der Waals surface area contributed by atoms with Crippen molar-refractivity contribution >= 4 is 23.8 Å². The molecule has 12 heteroatoms. The van der Waals surface area contributed by atoms with E-state index < -0.39 is 29.8 Å². The number of urea groups is 1. The van der Waals surface area contributed by atoms with Crippen molar-refractivity contribution < 1.29 is 28.3 Å². The number of aromatic nitrogens is 2. The predicted molar refractivity (Wildman–Crippen MR) is 156 cm³/mol. The van der Waals surface area contributed by atoms with Crippen molar-refractivity contribution in [2.24, 2.45) is 5.92 Å². The van der Waals surface area contributed by atoms with E-state index in [1.807, 2.05) is 18.2 Å². The van der Waals surface area contributed by atoms with Gasteiger partial charge in [0.25, 0.3) is 5.91 Å². The molecule has 2 atom stereocenters. The zero-order valence-electron chi connectivity index (χ0n) is 24.6. The summed E-state index contributed by atoms with van der Waals surface area (Å²) in [5, 5.41) is 7.21. The zero-order chi connectivity index (χ0) is 30.7. The molecule has 1 unspecified atom stereocenters. The fraction of sp³-hybridized carbons (Fsp3) is 0.406. The highest BCUT2D eigenvalue weighted by Crippen LogP contribution is 2.43. The summed E-state index contributed by atoms with van der Waals surface area (Å²) in [5.74, 6) is -0.502. The lowest BCUT2D eigenvalue weighted by atomic mass is 9.90. The molecule has 2 aliphatic heterocycles. The fourth-order valence-electron chi connectivity index (χ4n) is 6.60. The van der Waals surface area contributed by atoms with Crippen LogP contribution in [0.5, 0.6) is 5.75 Å². The summed E-state index contributed by atoms with van der Waals surface area (Å²) in [7, 11) is 3.39. The van der Waals surface area contributed by atoms with E-state index in [0.29, 0.717) is 29.7 Å². The van der Waals surface area contributed by atoms with E-state index in [4.69, 9.17) is 4.74 Å². The molecule has 3 heterocycles. The molecule has 11 nitrogen and oxygen atoms in total. The van der Waals surface area contributed by atoms with Crippen LogP contribution in [-0.4, -0.2) is 81.5 Å². The Hall–Kier alpha value is -4.74. The maximum atomic E-state index is 14.1. The molecule has 0 bridgehead atoms. The summed E-state index contributed by atoms with van der Waals surface area (Å²) < 4.78 is 21.6. The van der Waals surface area contributed by atoms with Gasteiger partial charge in [-0.15, -0.1) is 0 Å². The molecule has 0 radical (unpaired) electrons. The van der Waals surface area contributed by atoms with Gasteiger partial charge in [-0.1, -0.05) is 18.2 Å². The smallest absolute Gasteiger partial charge is 0.325 e. The van der Waals surface area contributed by atoms with Gasteiger partial charge in [-0.3, -0.25) is 24.0 Å². The second-order valence-corrected chi connectivity index (χ2v) is 12.3. The monoisotopic (exact) mass is 600 g/mol. The van der Waals surface area contributed by atoms with Crippen LogP contribution in [0.3, 0.4) is 0 Å². The van der Waals surface area contributed by atoms with Crippen LogP contribution in [0.2, 0.25) is 0 Å². The van der Waals surface area contributed by atoms with E-state index in [9.17, 15) is 23.6 Å². The van der Waals surface area contributed by atoms with Crippen LogP contribution in [0.4, 0.5) is 9.18 Å². The molecule has 1 saturated heterocycles. The van der Waals surface area contributed by atoms with Crippen LogP contribution < -0.4 is 10.1 Å². The third kappa shape index (κ3) is 4.78. The number of carbonyl (C=O) groups excluding carboxylic acids is 4. The van der Waals surface area contributed by atoms with E-state index >= 15 is 0 Å². The Morgan fingerprint density at radius 2 is 1.91 bits per heavy atom. The number of ether oxygens (including phenoxy) is 1. The average molecular weight is 601 g/mol. The van der Waals surface area contributed by atoms with Gasteiger partial charge in [0.1, 0.15) is 36.8 Å². The molecule has 3 aromatic rings. The minimum atomic E-state index is -1.24. The number of carbonyl (C=O) groups is 4. The summed E-state index contributed by atoms with van der Waals surface area (Å²) in [5.41, 5.74) is 2.69. The second-order valence-electron chi connectivity index (χ2n) is 12.3. The highest BCUT2D eigenvalue weighted by Gasteiger charge is 2.56. The van der Waals surface area contributed by atoms with Gasteiger partial charge in [0.15, 0.2) is 0 Å². The Balaban J connectivity index is 1.10. The van der Waals surface area contributed by atoms with Crippen molar-refractivity contribution in [1.82, 2.24) is 29.8 Å². The van der Waals surface area contributed by atoms with E-state index in [1.165, 1.54) is 17.0 Å². The van der Waals surface area contributed by atoms with Crippen LogP contribution in [-0.2, 0) is 39.4 Å². The molecular formula is C32H33FN6O5. The molecule has 44 heavy (non-hydrogen) atoms. The number of benzene rings is 2. The standard InChI is InChI=1S/C32H33FN6O5/c1-36(2)28(40)16-37-14-23(13-34-37)20-5-7-25-21(11-20)9-10-32(25)30(42)39(31(43)35-32)17-29(41)38-15-22-12-24(33)6-8-27(22)44-18-26(38)19-3-4-19/h5-8,11-14,19,26H,3-4,9-10,15-18H2,1-2H3,(H,35,43)/t26-,32?/m0/s1. The normalized spacial score (nSPS) is 22.4. The number of hydrogen-bond acceptors (Lipinski definition) is 6. The van der Waals surface area contributed by atoms with Crippen molar-refractivity contribution in [3.8, 4) is 16.9 Å². The van der Waals surface area contributed by atoms with Crippen molar-refractivity contribution in [2.45, 2.75) is 50.4 Å². The van der Waals surface area contributed by atoms with Crippen LogP contribution in [0.1, 0.15) is 36.0 Å². The first kappa shape index (κ1) is 28.1. The Morgan fingerprint density at radius 1 is 1.09 bits per heavy atom. The van der Waals surface area contributed by atoms with E-state index in [1.54, 1.807) is 42.1 Å². The topological polar surface area (TPSA) is 117 Å². The Morgan fingerprint density at radius 3 is 2.68 bits per heavy atom. The number of nitrogens with zero attached hydrogens (tertiary/aromatic N) is 5. The quantitative estimate of drug-likeness (QED) is 0.435. The molecule has 5 amide bonds. The summed E-state index contributed by atoms with van der Waals surface area (Å²) in [6.07, 6.45) is 6.37. The summed E-state index contributed by atoms with van der Waals surface area (Å²) in [6, 6.07) is 9.17. The fourth-order valence-corrected chi connectivity index (χ4v) is 6.60. The molecule has 2 aromatic carbocycles. The lowest BCUT2D eigenvalue weighted by Gasteiger charge is -2.30. The number of nitrogens with one attached hydrogen (secondary N) is 1. The number of halogens is 1. The average Bonchev–Trinajstić information content (AvgIpc) is 3.61. The Bertz CT molecular complexity index is 1700.